The fourth-order valence-electron chi connectivity index (χ4n) is 3.11. The summed E-state index contributed by atoms with van der Waals surface area (Å²) in [7, 11) is 0. The van der Waals surface area contributed by atoms with Gasteiger partial charge in [0.15, 0.2) is 0 Å². The number of rotatable bonds is 3. The first-order valence-corrected chi connectivity index (χ1v) is 8.36. The van der Waals surface area contributed by atoms with Crippen LogP contribution in [0.4, 0.5) is 0 Å². The summed E-state index contributed by atoms with van der Waals surface area (Å²) >= 11 is 0. The lowest BCUT2D eigenvalue weighted by molar-refractivity contribution is -0.139. The van der Waals surface area contributed by atoms with Gasteiger partial charge in [0.25, 0.3) is 5.91 Å². The molecule has 2 amide bonds. The number of hydrogen-bond donors (Lipinski definition) is 0. The molecule has 22 heavy (non-hydrogen) atoms. The van der Waals surface area contributed by atoms with E-state index in [4.69, 9.17) is 0 Å². The minimum Gasteiger partial charge on any atom is -0.339 e. The molecule has 1 heterocycles. The van der Waals surface area contributed by atoms with Gasteiger partial charge in [-0.1, -0.05) is 25.5 Å². The molecule has 1 saturated heterocycles. The number of carbonyl (C=O) groups excluding carboxylic acids is 2. The van der Waals surface area contributed by atoms with E-state index >= 15 is 0 Å². The summed E-state index contributed by atoms with van der Waals surface area (Å²) < 4.78 is 0. The van der Waals surface area contributed by atoms with E-state index in [2.05, 4.69) is 6.92 Å². The van der Waals surface area contributed by atoms with Crippen molar-refractivity contribution in [2.75, 3.05) is 26.2 Å². The summed E-state index contributed by atoms with van der Waals surface area (Å²) in [5.41, 5.74) is 1.99. The van der Waals surface area contributed by atoms with Crippen LogP contribution in [-0.2, 0) is 11.2 Å². The van der Waals surface area contributed by atoms with E-state index in [9.17, 15) is 9.59 Å². The number of piperazine rings is 1. The Bertz CT molecular complexity index is 541. The smallest absolute Gasteiger partial charge is 0.253 e. The molecular weight excluding hydrogens is 276 g/mol. The third kappa shape index (κ3) is 3.01. The van der Waals surface area contributed by atoms with E-state index < -0.39 is 0 Å². The van der Waals surface area contributed by atoms with Crippen molar-refractivity contribution >= 4 is 11.8 Å². The molecule has 0 unspecified atom stereocenters. The number of hydrogen-bond acceptors (Lipinski definition) is 2. The first-order chi connectivity index (χ1) is 10.7. The molecule has 4 heteroatoms. The van der Waals surface area contributed by atoms with Crippen molar-refractivity contribution < 1.29 is 9.59 Å². The van der Waals surface area contributed by atoms with E-state index in [-0.39, 0.29) is 11.8 Å². The molecule has 1 aliphatic carbocycles. The van der Waals surface area contributed by atoms with Crippen LogP contribution in [0.5, 0.6) is 0 Å². The Morgan fingerprint density at radius 1 is 1.00 bits per heavy atom. The van der Waals surface area contributed by atoms with Crippen LogP contribution < -0.4 is 0 Å². The van der Waals surface area contributed by atoms with Gasteiger partial charge in [-0.05, 0) is 37.0 Å². The van der Waals surface area contributed by atoms with Crippen LogP contribution in [0.1, 0.15) is 42.1 Å². The summed E-state index contributed by atoms with van der Waals surface area (Å²) in [4.78, 5) is 28.5. The molecule has 4 nitrogen and oxygen atoms in total. The van der Waals surface area contributed by atoms with E-state index in [1.807, 2.05) is 34.1 Å². The van der Waals surface area contributed by atoms with Gasteiger partial charge < -0.3 is 9.80 Å². The van der Waals surface area contributed by atoms with Crippen molar-refractivity contribution in [2.45, 2.75) is 32.6 Å². The predicted molar refractivity (Wildman–Crippen MR) is 85.6 cm³/mol. The van der Waals surface area contributed by atoms with Crippen molar-refractivity contribution in [3.05, 3.63) is 35.4 Å². The van der Waals surface area contributed by atoms with Crippen LogP contribution in [0.25, 0.3) is 0 Å². The maximum Gasteiger partial charge on any atom is 0.253 e. The monoisotopic (exact) mass is 300 g/mol. The molecule has 3 rings (SSSR count). The van der Waals surface area contributed by atoms with Crippen molar-refractivity contribution in [2.24, 2.45) is 5.92 Å². The molecule has 1 saturated carbocycles. The van der Waals surface area contributed by atoms with E-state index in [1.54, 1.807) is 0 Å². The highest BCUT2D eigenvalue weighted by molar-refractivity contribution is 5.94. The molecule has 118 valence electrons. The third-order valence-electron chi connectivity index (χ3n) is 4.94. The van der Waals surface area contributed by atoms with Gasteiger partial charge in [-0.15, -0.1) is 0 Å². The molecule has 2 aliphatic rings. The lowest BCUT2D eigenvalue weighted by Crippen LogP contribution is -2.52. The zero-order valence-corrected chi connectivity index (χ0v) is 13.3. The van der Waals surface area contributed by atoms with Crippen LogP contribution in [-0.4, -0.2) is 47.8 Å². The maximum absolute atomic E-state index is 12.5. The molecule has 1 aliphatic heterocycles. The van der Waals surface area contributed by atoms with Crippen molar-refractivity contribution in [3.63, 3.8) is 0 Å². The van der Waals surface area contributed by atoms with E-state index in [0.717, 1.165) is 24.8 Å². The molecular formula is C18H24N2O2. The summed E-state index contributed by atoms with van der Waals surface area (Å²) in [5.74, 6) is 0.632. The first kappa shape index (κ1) is 15.1. The lowest BCUT2D eigenvalue weighted by atomic mass is 9.84. The minimum absolute atomic E-state index is 0.0818. The Morgan fingerprint density at radius 2 is 1.59 bits per heavy atom. The third-order valence-corrected chi connectivity index (χ3v) is 4.94. The van der Waals surface area contributed by atoms with Gasteiger partial charge in [-0.25, -0.2) is 0 Å². The van der Waals surface area contributed by atoms with Gasteiger partial charge in [0.2, 0.25) is 5.91 Å². The van der Waals surface area contributed by atoms with E-state index in [1.165, 1.54) is 12.0 Å². The van der Waals surface area contributed by atoms with Gasteiger partial charge in [0, 0.05) is 37.7 Å². The maximum atomic E-state index is 12.5. The second kappa shape index (κ2) is 6.51. The topological polar surface area (TPSA) is 40.6 Å². The number of nitrogens with zero attached hydrogens (tertiary/aromatic N) is 2. The van der Waals surface area contributed by atoms with Crippen LogP contribution in [0, 0.1) is 5.92 Å². The number of aryl methyl sites for hydroxylation is 1. The Labute approximate surface area is 132 Å². The van der Waals surface area contributed by atoms with Crippen LogP contribution in [0.3, 0.4) is 0 Å². The van der Waals surface area contributed by atoms with Gasteiger partial charge in [0.1, 0.15) is 0 Å². The van der Waals surface area contributed by atoms with Gasteiger partial charge in [-0.3, -0.25) is 9.59 Å². The SMILES string of the molecule is CCc1ccc(C(=O)N2CCN(C(=O)C3CCC3)CC2)cc1. The molecule has 1 aromatic carbocycles. The van der Waals surface area contributed by atoms with Crippen molar-refractivity contribution in [1.82, 2.24) is 9.80 Å². The number of carbonyl (C=O) groups is 2. The predicted octanol–water partition coefficient (Wildman–Crippen LogP) is 2.33. The highest BCUT2D eigenvalue weighted by atomic mass is 16.2. The molecule has 2 fully saturated rings. The average molecular weight is 300 g/mol. The van der Waals surface area contributed by atoms with Crippen LogP contribution in [0.15, 0.2) is 24.3 Å². The second-order valence-corrected chi connectivity index (χ2v) is 6.30. The van der Waals surface area contributed by atoms with Crippen LogP contribution in [0.2, 0.25) is 0 Å². The fourth-order valence-corrected chi connectivity index (χ4v) is 3.11. The molecule has 0 atom stereocenters. The zero-order valence-electron chi connectivity index (χ0n) is 13.3. The largest absolute Gasteiger partial charge is 0.339 e. The average Bonchev–Trinajstić information content (AvgIpc) is 2.53. The quantitative estimate of drug-likeness (QED) is 0.859. The Hall–Kier alpha value is -1.84. The number of benzene rings is 1. The number of amides is 2. The summed E-state index contributed by atoms with van der Waals surface area (Å²) in [5, 5.41) is 0. The Balaban J connectivity index is 1.55. The zero-order chi connectivity index (χ0) is 15.5. The standard InChI is InChI=1S/C18H24N2O2/c1-2-14-6-8-16(9-7-14)18(22)20-12-10-19(11-13-20)17(21)15-4-3-5-15/h6-9,15H,2-5,10-13H2,1H3. The summed E-state index contributed by atoms with van der Waals surface area (Å²) in [6, 6.07) is 7.85. The Kier molecular flexibility index (Phi) is 4.46. The van der Waals surface area contributed by atoms with Crippen molar-refractivity contribution in [3.8, 4) is 0 Å². The summed E-state index contributed by atoms with van der Waals surface area (Å²) in [6.45, 7) is 4.75. The van der Waals surface area contributed by atoms with Gasteiger partial charge in [-0.2, -0.15) is 0 Å². The van der Waals surface area contributed by atoms with Crippen LogP contribution >= 0.6 is 0 Å². The van der Waals surface area contributed by atoms with Gasteiger partial charge >= 0.3 is 0 Å². The summed E-state index contributed by atoms with van der Waals surface area (Å²) in [6.07, 6.45) is 4.25. The molecule has 0 spiro atoms. The molecule has 0 N–H and O–H groups in total. The normalized spacial score (nSPS) is 19.0. The van der Waals surface area contributed by atoms with Gasteiger partial charge in [0.05, 0.1) is 0 Å². The lowest BCUT2D eigenvalue weighted by Gasteiger charge is -2.38. The van der Waals surface area contributed by atoms with Crippen molar-refractivity contribution in [1.29, 1.82) is 0 Å². The van der Waals surface area contributed by atoms with E-state index in [0.29, 0.717) is 32.1 Å². The second-order valence-electron chi connectivity index (χ2n) is 6.30. The highest BCUT2D eigenvalue weighted by Crippen LogP contribution is 2.28. The fraction of sp³-hybridized carbons (Fsp3) is 0.556. The molecule has 1 aromatic rings. The highest BCUT2D eigenvalue weighted by Gasteiger charge is 2.32. The molecule has 0 bridgehead atoms. The Morgan fingerprint density at radius 3 is 2.09 bits per heavy atom. The minimum atomic E-state index is 0.0818. The first-order valence-electron chi connectivity index (χ1n) is 8.36. The molecule has 0 aromatic heterocycles. The molecule has 0 radical (unpaired) electrons.